The molecule has 1 aliphatic heterocycles. The third-order valence-corrected chi connectivity index (χ3v) is 3.92. The van der Waals surface area contributed by atoms with Gasteiger partial charge in [-0.25, -0.2) is 9.97 Å². The van der Waals surface area contributed by atoms with E-state index in [0.717, 1.165) is 38.8 Å². The zero-order chi connectivity index (χ0) is 13.9. The van der Waals surface area contributed by atoms with Crippen LogP contribution < -0.4 is 15.0 Å². The molecule has 3 rings (SSSR count). The number of piperidine rings is 1. The number of carbonyl (C=O) groups is 1. The number of ether oxygens (including phenoxy) is 1. The summed E-state index contributed by atoms with van der Waals surface area (Å²) in [5.74, 6) is 1.74. The summed E-state index contributed by atoms with van der Waals surface area (Å²) < 4.78 is 5.05. The van der Waals surface area contributed by atoms with E-state index in [4.69, 9.17) is 4.74 Å². The molecule has 0 bridgehead atoms. The Morgan fingerprint density at radius 1 is 1.25 bits per heavy atom. The minimum absolute atomic E-state index is 0.144. The predicted octanol–water partition coefficient (Wildman–Crippen LogP) is 0.980. The Morgan fingerprint density at radius 3 is 2.45 bits per heavy atom. The number of carbonyl (C=O) groups excluding carboxylic acids is 1. The minimum atomic E-state index is 0.144. The van der Waals surface area contributed by atoms with Crippen LogP contribution in [0.3, 0.4) is 0 Å². The van der Waals surface area contributed by atoms with Crippen molar-refractivity contribution < 1.29 is 9.53 Å². The molecule has 2 aliphatic rings. The SMILES string of the molecule is COc1cnc(N2CCC(C(=O)NC3CC3)CC2)nc1. The molecular weight excluding hydrogens is 256 g/mol. The van der Waals surface area contributed by atoms with Gasteiger partial charge in [-0.2, -0.15) is 0 Å². The van der Waals surface area contributed by atoms with Crippen molar-refractivity contribution in [3.63, 3.8) is 0 Å². The molecule has 1 N–H and O–H groups in total. The van der Waals surface area contributed by atoms with Crippen molar-refractivity contribution in [3.05, 3.63) is 12.4 Å². The lowest BCUT2D eigenvalue weighted by Crippen LogP contribution is -2.41. The number of hydrogen-bond donors (Lipinski definition) is 1. The number of methoxy groups -OCH3 is 1. The zero-order valence-corrected chi connectivity index (χ0v) is 11.7. The fourth-order valence-electron chi connectivity index (χ4n) is 2.47. The number of nitrogens with zero attached hydrogens (tertiary/aromatic N) is 3. The maximum Gasteiger partial charge on any atom is 0.225 e. The standard InChI is InChI=1S/C14H20N4O2/c1-20-12-8-15-14(16-9-12)18-6-4-10(5-7-18)13(19)17-11-2-3-11/h8-11H,2-7H2,1H3,(H,17,19). The van der Waals surface area contributed by atoms with Crippen molar-refractivity contribution >= 4 is 11.9 Å². The lowest BCUT2D eigenvalue weighted by molar-refractivity contribution is -0.125. The highest BCUT2D eigenvalue weighted by Gasteiger charge is 2.30. The summed E-state index contributed by atoms with van der Waals surface area (Å²) in [6, 6.07) is 0.449. The summed E-state index contributed by atoms with van der Waals surface area (Å²) in [4.78, 5) is 22.7. The largest absolute Gasteiger partial charge is 0.494 e. The quantitative estimate of drug-likeness (QED) is 0.888. The monoisotopic (exact) mass is 276 g/mol. The van der Waals surface area contributed by atoms with Crippen molar-refractivity contribution in [1.82, 2.24) is 15.3 Å². The first-order valence-electron chi connectivity index (χ1n) is 7.17. The maximum atomic E-state index is 12.0. The molecule has 0 unspecified atom stereocenters. The Labute approximate surface area is 118 Å². The topological polar surface area (TPSA) is 67.3 Å². The second kappa shape index (κ2) is 5.64. The normalized spacial score (nSPS) is 19.8. The Kier molecular flexibility index (Phi) is 3.71. The zero-order valence-electron chi connectivity index (χ0n) is 11.7. The van der Waals surface area contributed by atoms with E-state index in [1.54, 1.807) is 19.5 Å². The van der Waals surface area contributed by atoms with Gasteiger partial charge in [0.1, 0.15) is 0 Å². The van der Waals surface area contributed by atoms with E-state index in [2.05, 4.69) is 20.2 Å². The van der Waals surface area contributed by atoms with Gasteiger partial charge in [0.15, 0.2) is 5.75 Å². The van der Waals surface area contributed by atoms with Gasteiger partial charge in [0, 0.05) is 25.0 Å². The van der Waals surface area contributed by atoms with E-state index in [-0.39, 0.29) is 11.8 Å². The van der Waals surface area contributed by atoms with Crippen LogP contribution in [0.5, 0.6) is 5.75 Å². The highest BCUT2D eigenvalue weighted by Crippen LogP contribution is 2.24. The fraction of sp³-hybridized carbons (Fsp3) is 0.643. The molecule has 1 aromatic heterocycles. The minimum Gasteiger partial charge on any atom is -0.494 e. The van der Waals surface area contributed by atoms with E-state index in [9.17, 15) is 4.79 Å². The van der Waals surface area contributed by atoms with Crippen molar-refractivity contribution in [2.24, 2.45) is 5.92 Å². The molecule has 1 aliphatic carbocycles. The van der Waals surface area contributed by atoms with Gasteiger partial charge in [-0.05, 0) is 25.7 Å². The highest BCUT2D eigenvalue weighted by molar-refractivity contribution is 5.79. The van der Waals surface area contributed by atoms with Gasteiger partial charge >= 0.3 is 0 Å². The lowest BCUT2D eigenvalue weighted by Gasteiger charge is -2.31. The van der Waals surface area contributed by atoms with E-state index in [1.807, 2.05) is 0 Å². The molecule has 1 aromatic rings. The third-order valence-electron chi connectivity index (χ3n) is 3.92. The molecule has 108 valence electrons. The molecule has 1 saturated carbocycles. The van der Waals surface area contributed by atoms with E-state index in [1.165, 1.54) is 0 Å². The second-order valence-corrected chi connectivity index (χ2v) is 5.47. The van der Waals surface area contributed by atoms with E-state index in [0.29, 0.717) is 17.7 Å². The molecule has 6 nitrogen and oxygen atoms in total. The van der Waals surface area contributed by atoms with Gasteiger partial charge < -0.3 is 15.0 Å². The highest BCUT2D eigenvalue weighted by atomic mass is 16.5. The van der Waals surface area contributed by atoms with Gasteiger partial charge in [-0.1, -0.05) is 0 Å². The smallest absolute Gasteiger partial charge is 0.225 e. The number of rotatable bonds is 4. The third kappa shape index (κ3) is 3.00. The van der Waals surface area contributed by atoms with Crippen molar-refractivity contribution in [3.8, 4) is 5.75 Å². The Bertz CT molecular complexity index is 465. The fourth-order valence-corrected chi connectivity index (χ4v) is 2.47. The summed E-state index contributed by atoms with van der Waals surface area (Å²) in [5, 5.41) is 3.09. The number of hydrogen-bond acceptors (Lipinski definition) is 5. The number of aromatic nitrogens is 2. The number of amides is 1. The van der Waals surface area contributed by atoms with Crippen LogP contribution in [0.2, 0.25) is 0 Å². The summed E-state index contributed by atoms with van der Waals surface area (Å²) in [7, 11) is 1.60. The van der Waals surface area contributed by atoms with Gasteiger partial charge in [0.2, 0.25) is 11.9 Å². The number of anilines is 1. The first kappa shape index (κ1) is 13.1. The molecule has 0 aromatic carbocycles. The molecule has 2 heterocycles. The Balaban J connectivity index is 1.53. The predicted molar refractivity (Wildman–Crippen MR) is 74.7 cm³/mol. The van der Waals surface area contributed by atoms with Crippen LogP contribution in [0.25, 0.3) is 0 Å². The molecule has 0 radical (unpaired) electrons. The lowest BCUT2D eigenvalue weighted by atomic mass is 9.96. The molecule has 0 spiro atoms. The van der Waals surface area contributed by atoms with Crippen LogP contribution >= 0.6 is 0 Å². The van der Waals surface area contributed by atoms with Crippen molar-refractivity contribution in [2.75, 3.05) is 25.1 Å². The van der Waals surface area contributed by atoms with E-state index < -0.39 is 0 Å². The van der Waals surface area contributed by atoms with Crippen LogP contribution in [0.15, 0.2) is 12.4 Å². The Hall–Kier alpha value is -1.85. The molecule has 20 heavy (non-hydrogen) atoms. The van der Waals surface area contributed by atoms with Crippen LogP contribution in [0, 0.1) is 5.92 Å². The van der Waals surface area contributed by atoms with Crippen LogP contribution in [0.4, 0.5) is 5.95 Å². The molecule has 1 amide bonds. The summed E-state index contributed by atoms with van der Waals surface area (Å²) in [6.07, 6.45) is 7.37. The first-order chi connectivity index (χ1) is 9.76. The van der Waals surface area contributed by atoms with Gasteiger partial charge in [-0.15, -0.1) is 0 Å². The average molecular weight is 276 g/mol. The molecule has 0 atom stereocenters. The summed E-state index contributed by atoms with van der Waals surface area (Å²) in [5.41, 5.74) is 0. The second-order valence-electron chi connectivity index (χ2n) is 5.47. The maximum absolute atomic E-state index is 12.0. The molecule has 2 fully saturated rings. The summed E-state index contributed by atoms with van der Waals surface area (Å²) in [6.45, 7) is 1.66. The van der Waals surface area contributed by atoms with Crippen LogP contribution in [0.1, 0.15) is 25.7 Å². The van der Waals surface area contributed by atoms with Crippen molar-refractivity contribution in [1.29, 1.82) is 0 Å². The van der Waals surface area contributed by atoms with Crippen molar-refractivity contribution in [2.45, 2.75) is 31.7 Å². The van der Waals surface area contributed by atoms with Gasteiger partial charge in [0.25, 0.3) is 0 Å². The van der Waals surface area contributed by atoms with E-state index >= 15 is 0 Å². The van der Waals surface area contributed by atoms with Crippen LogP contribution in [-0.4, -0.2) is 42.1 Å². The molecule has 1 saturated heterocycles. The Morgan fingerprint density at radius 2 is 1.90 bits per heavy atom. The van der Waals surface area contributed by atoms with Gasteiger partial charge in [0.05, 0.1) is 19.5 Å². The molecule has 6 heteroatoms. The average Bonchev–Trinajstić information content (AvgIpc) is 3.31. The van der Waals surface area contributed by atoms with Crippen LogP contribution in [-0.2, 0) is 4.79 Å². The molecular formula is C14H20N4O2. The first-order valence-corrected chi connectivity index (χ1v) is 7.17. The van der Waals surface area contributed by atoms with Gasteiger partial charge in [-0.3, -0.25) is 4.79 Å². The number of nitrogens with one attached hydrogen (secondary N) is 1. The summed E-state index contributed by atoms with van der Waals surface area (Å²) >= 11 is 0.